The second-order valence-electron chi connectivity index (χ2n) is 8.79. The van der Waals surface area contributed by atoms with Crippen molar-refractivity contribution in [1.82, 2.24) is 4.90 Å². The molecule has 1 saturated heterocycles. The SMILES string of the molecule is COC(=O)C1CCC2=C3CC=C4N(C)C(=O)CC[C@]4(C)[C@H]3CC[C@@]21C. The van der Waals surface area contributed by atoms with Gasteiger partial charge in [0.25, 0.3) is 0 Å². The van der Waals surface area contributed by atoms with Crippen molar-refractivity contribution in [3.63, 3.8) is 0 Å². The van der Waals surface area contributed by atoms with Crippen LogP contribution in [0.4, 0.5) is 0 Å². The number of rotatable bonds is 1. The van der Waals surface area contributed by atoms with Crippen molar-refractivity contribution in [3.8, 4) is 0 Å². The lowest BCUT2D eigenvalue weighted by molar-refractivity contribution is -0.148. The van der Waals surface area contributed by atoms with Crippen LogP contribution in [0.15, 0.2) is 22.9 Å². The zero-order valence-corrected chi connectivity index (χ0v) is 15.9. The molecule has 1 heterocycles. The quantitative estimate of drug-likeness (QED) is 0.537. The normalized spacial score (nSPS) is 40.2. The highest BCUT2D eigenvalue weighted by Gasteiger charge is 2.55. The van der Waals surface area contributed by atoms with E-state index in [1.165, 1.54) is 18.4 Å². The molecule has 3 aliphatic carbocycles. The summed E-state index contributed by atoms with van der Waals surface area (Å²) in [5, 5.41) is 0. The Morgan fingerprint density at radius 1 is 1.20 bits per heavy atom. The number of hydrogen-bond acceptors (Lipinski definition) is 3. The summed E-state index contributed by atoms with van der Waals surface area (Å²) >= 11 is 0. The number of methoxy groups -OCH3 is 1. The van der Waals surface area contributed by atoms with E-state index in [1.54, 1.807) is 5.57 Å². The van der Waals surface area contributed by atoms with E-state index in [0.29, 0.717) is 12.3 Å². The van der Waals surface area contributed by atoms with Crippen molar-refractivity contribution in [2.75, 3.05) is 14.2 Å². The average Bonchev–Trinajstić information content (AvgIpc) is 2.95. The van der Waals surface area contributed by atoms with E-state index in [0.717, 1.165) is 38.5 Å². The minimum Gasteiger partial charge on any atom is -0.469 e. The number of nitrogens with zero attached hydrogens (tertiary/aromatic N) is 1. The Labute approximate surface area is 150 Å². The van der Waals surface area contributed by atoms with E-state index >= 15 is 0 Å². The van der Waals surface area contributed by atoms with Crippen LogP contribution in [0, 0.1) is 22.7 Å². The number of amides is 1. The number of piperidine rings is 1. The van der Waals surface area contributed by atoms with Crippen molar-refractivity contribution in [1.29, 1.82) is 0 Å². The third-order valence-electron chi connectivity index (χ3n) is 7.85. The van der Waals surface area contributed by atoms with E-state index < -0.39 is 0 Å². The summed E-state index contributed by atoms with van der Waals surface area (Å²) in [6.45, 7) is 4.62. The standard InChI is InChI=1S/C21H29NO3/c1-20-11-9-15-13(14(20)6-7-16(20)19(24)25-4)5-8-17-21(15,2)12-10-18(23)22(17)3/h8,15-16H,5-7,9-12H2,1-4H3/t15-,16?,20-,21+/m0/s1. The maximum absolute atomic E-state index is 12.3. The summed E-state index contributed by atoms with van der Waals surface area (Å²) in [5.74, 6) is 0.724. The van der Waals surface area contributed by atoms with Gasteiger partial charge in [0.05, 0.1) is 13.0 Å². The van der Waals surface area contributed by atoms with Gasteiger partial charge in [-0.3, -0.25) is 9.59 Å². The molecule has 0 aromatic heterocycles. The van der Waals surface area contributed by atoms with Crippen LogP contribution in [0.2, 0.25) is 0 Å². The van der Waals surface area contributed by atoms with Crippen molar-refractivity contribution in [2.24, 2.45) is 22.7 Å². The Morgan fingerprint density at radius 3 is 2.68 bits per heavy atom. The van der Waals surface area contributed by atoms with Gasteiger partial charge in [-0.05, 0) is 44.4 Å². The Hall–Kier alpha value is -1.58. The maximum atomic E-state index is 12.3. The summed E-state index contributed by atoms with van der Waals surface area (Å²) in [5.41, 5.74) is 4.35. The van der Waals surface area contributed by atoms with Crippen molar-refractivity contribution in [2.45, 2.75) is 58.8 Å². The number of ether oxygens (including phenoxy) is 1. The first-order chi connectivity index (χ1) is 11.8. The summed E-state index contributed by atoms with van der Waals surface area (Å²) < 4.78 is 5.10. The van der Waals surface area contributed by atoms with Crippen LogP contribution in [-0.2, 0) is 14.3 Å². The van der Waals surface area contributed by atoms with Gasteiger partial charge in [-0.25, -0.2) is 0 Å². The van der Waals surface area contributed by atoms with E-state index in [-0.39, 0.29) is 28.6 Å². The number of carbonyl (C=O) groups is 2. The van der Waals surface area contributed by atoms with Crippen LogP contribution >= 0.6 is 0 Å². The lowest BCUT2D eigenvalue weighted by Crippen LogP contribution is -2.49. The lowest BCUT2D eigenvalue weighted by Gasteiger charge is -2.53. The first-order valence-electron chi connectivity index (χ1n) is 9.60. The van der Waals surface area contributed by atoms with Crippen molar-refractivity contribution < 1.29 is 14.3 Å². The predicted octanol–water partition coefficient (Wildman–Crippen LogP) is 3.83. The summed E-state index contributed by atoms with van der Waals surface area (Å²) in [6.07, 6.45) is 8.91. The van der Waals surface area contributed by atoms with Gasteiger partial charge < -0.3 is 9.64 Å². The largest absolute Gasteiger partial charge is 0.469 e. The molecule has 2 fully saturated rings. The van der Waals surface area contributed by atoms with Crippen LogP contribution < -0.4 is 0 Å². The number of likely N-dealkylation sites (tertiary alicyclic amines) is 1. The predicted molar refractivity (Wildman–Crippen MR) is 95.4 cm³/mol. The molecule has 0 bridgehead atoms. The topological polar surface area (TPSA) is 46.6 Å². The molecule has 1 aliphatic heterocycles. The zero-order chi connectivity index (χ0) is 18.0. The van der Waals surface area contributed by atoms with Gasteiger partial charge in [-0.15, -0.1) is 0 Å². The van der Waals surface area contributed by atoms with E-state index in [2.05, 4.69) is 19.9 Å². The summed E-state index contributed by atoms with van der Waals surface area (Å²) in [7, 11) is 3.44. The minimum atomic E-state index is -0.0437. The molecule has 0 aromatic rings. The first-order valence-corrected chi connectivity index (χ1v) is 9.60. The number of carbonyl (C=O) groups excluding carboxylic acids is 2. The molecule has 136 valence electrons. The Bertz CT molecular complexity index is 706. The van der Waals surface area contributed by atoms with E-state index in [1.807, 2.05) is 11.9 Å². The highest BCUT2D eigenvalue weighted by Crippen LogP contribution is 2.63. The molecule has 4 nitrogen and oxygen atoms in total. The first kappa shape index (κ1) is 16.9. The van der Waals surface area contributed by atoms with Crippen LogP contribution in [0.3, 0.4) is 0 Å². The van der Waals surface area contributed by atoms with Gasteiger partial charge in [0, 0.05) is 30.0 Å². The van der Waals surface area contributed by atoms with Gasteiger partial charge in [-0.2, -0.15) is 0 Å². The Morgan fingerprint density at radius 2 is 1.96 bits per heavy atom. The molecule has 1 unspecified atom stereocenters. The van der Waals surface area contributed by atoms with E-state index in [4.69, 9.17) is 4.74 Å². The fraction of sp³-hybridized carbons (Fsp3) is 0.714. The highest BCUT2D eigenvalue weighted by molar-refractivity contribution is 5.80. The average molecular weight is 343 g/mol. The van der Waals surface area contributed by atoms with Gasteiger partial charge in [0.2, 0.25) is 5.91 Å². The molecular formula is C21H29NO3. The second kappa shape index (κ2) is 5.46. The lowest BCUT2D eigenvalue weighted by atomic mass is 9.54. The van der Waals surface area contributed by atoms with Crippen molar-refractivity contribution >= 4 is 11.9 Å². The van der Waals surface area contributed by atoms with Gasteiger partial charge >= 0.3 is 5.97 Å². The molecule has 25 heavy (non-hydrogen) atoms. The smallest absolute Gasteiger partial charge is 0.309 e. The highest BCUT2D eigenvalue weighted by atomic mass is 16.5. The number of allylic oxidation sites excluding steroid dienone is 4. The molecule has 1 saturated carbocycles. The Kier molecular flexibility index (Phi) is 3.68. The summed E-state index contributed by atoms with van der Waals surface area (Å²) in [6, 6.07) is 0. The third kappa shape index (κ3) is 2.12. The van der Waals surface area contributed by atoms with Crippen LogP contribution in [0.5, 0.6) is 0 Å². The van der Waals surface area contributed by atoms with Gasteiger partial charge in [0.1, 0.15) is 0 Å². The van der Waals surface area contributed by atoms with Crippen LogP contribution in [0.1, 0.15) is 58.8 Å². The Balaban J connectivity index is 1.77. The van der Waals surface area contributed by atoms with Gasteiger partial charge in [0.15, 0.2) is 0 Å². The number of hydrogen-bond donors (Lipinski definition) is 0. The minimum absolute atomic E-state index is 0.00902. The van der Waals surface area contributed by atoms with E-state index in [9.17, 15) is 9.59 Å². The second-order valence-corrected chi connectivity index (χ2v) is 8.79. The number of fused-ring (bicyclic) bond motifs is 4. The van der Waals surface area contributed by atoms with Crippen LogP contribution in [-0.4, -0.2) is 30.9 Å². The van der Waals surface area contributed by atoms with Crippen LogP contribution in [0.25, 0.3) is 0 Å². The molecule has 4 heteroatoms. The zero-order valence-electron chi connectivity index (χ0n) is 15.9. The molecular weight excluding hydrogens is 314 g/mol. The fourth-order valence-electron chi connectivity index (χ4n) is 6.38. The fourth-order valence-corrected chi connectivity index (χ4v) is 6.38. The molecule has 4 aliphatic rings. The molecule has 0 aromatic carbocycles. The number of esters is 1. The molecule has 4 rings (SSSR count). The molecule has 0 radical (unpaired) electrons. The third-order valence-corrected chi connectivity index (χ3v) is 7.85. The summed E-state index contributed by atoms with van der Waals surface area (Å²) in [4.78, 5) is 26.4. The van der Waals surface area contributed by atoms with Crippen molar-refractivity contribution in [3.05, 3.63) is 22.9 Å². The molecule has 4 atom stereocenters. The monoisotopic (exact) mass is 343 g/mol. The molecule has 1 amide bonds. The molecule has 0 spiro atoms. The maximum Gasteiger partial charge on any atom is 0.309 e. The molecule has 0 N–H and O–H groups in total. The van der Waals surface area contributed by atoms with Gasteiger partial charge in [-0.1, -0.05) is 31.1 Å².